The van der Waals surface area contributed by atoms with Gasteiger partial charge in [-0.1, -0.05) is 60.7 Å². The summed E-state index contributed by atoms with van der Waals surface area (Å²) in [5.41, 5.74) is 4.83. The number of rotatable bonds is 9. The Morgan fingerprint density at radius 1 is 0.971 bits per heavy atom. The molecule has 4 aromatic rings. The molecule has 0 unspecified atom stereocenters. The molecule has 7 heteroatoms. The lowest BCUT2D eigenvalue weighted by Gasteiger charge is -2.14. The van der Waals surface area contributed by atoms with Crippen LogP contribution in [0.3, 0.4) is 0 Å². The van der Waals surface area contributed by atoms with Gasteiger partial charge in [0.15, 0.2) is 5.65 Å². The second kappa shape index (κ2) is 10.7. The zero-order chi connectivity index (χ0) is 23.9. The first-order valence-corrected chi connectivity index (χ1v) is 11.3. The molecule has 172 valence electrons. The minimum Gasteiger partial charge on any atom is -0.481 e. The molecule has 0 fully saturated rings. The zero-order valence-electron chi connectivity index (χ0n) is 18.9. The smallest absolute Gasteiger partial charge is 0.303 e. The molecule has 0 aliphatic heterocycles. The Kier molecular flexibility index (Phi) is 7.22. The van der Waals surface area contributed by atoms with E-state index in [9.17, 15) is 9.59 Å². The van der Waals surface area contributed by atoms with E-state index < -0.39 is 5.97 Å². The summed E-state index contributed by atoms with van der Waals surface area (Å²) in [5.74, 6) is -1.04. The normalized spacial score (nSPS) is 11.8. The van der Waals surface area contributed by atoms with Crippen molar-refractivity contribution in [1.29, 1.82) is 0 Å². The van der Waals surface area contributed by atoms with Crippen LogP contribution in [0.2, 0.25) is 0 Å². The van der Waals surface area contributed by atoms with E-state index in [1.165, 1.54) is 6.20 Å². The second-order valence-electron chi connectivity index (χ2n) is 8.16. The van der Waals surface area contributed by atoms with Crippen LogP contribution in [-0.2, 0) is 11.2 Å². The number of pyridine rings is 1. The number of nitrogens with zero attached hydrogens (tertiary/aromatic N) is 3. The number of fused-ring (bicyclic) bond motifs is 1. The monoisotopic (exact) mass is 454 g/mol. The topological polar surface area (TPSA) is 105 Å². The number of carboxylic acid groups (broad SMARTS) is 1. The Morgan fingerprint density at radius 2 is 1.68 bits per heavy atom. The summed E-state index contributed by atoms with van der Waals surface area (Å²) in [4.78, 5) is 37.7. The van der Waals surface area contributed by atoms with Crippen molar-refractivity contribution in [3.8, 4) is 11.3 Å². The molecule has 2 aromatic carbocycles. The summed E-state index contributed by atoms with van der Waals surface area (Å²) in [5, 5.41) is 11.9. The Labute approximate surface area is 197 Å². The molecule has 0 spiro atoms. The third-order valence-electron chi connectivity index (χ3n) is 5.60. The Morgan fingerprint density at radius 3 is 2.38 bits per heavy atom. The molecule has 0 saturated carbocycles. The molecule has 0 radical (unpaired) electrons. The fraction of sp³-hybridized carbons (Fsp3) is 0.222. The van der Waals surface area contributed by atoms with Crippen LogP contribution in [0.1, 0.15) is 53.8 Å². The van der Waals surface area contributed by atoms with Crippen LogP contribution in [0, 0.1) is 0 Å². The highest BCUT2D eigenvalue weighted by Crippen LogP contribution is 2.24. The first-order valence-electron chi connectivity index (χ1n) is 11.3. The Bertz CT molecular complexity index is 1290. The van der Waals surface area contributed by atoms with E-state index in [1.54, 1.807) is 6.07 Å². The van der Waals surface area contributed by atoms with E-state index in [0.29, 0.717) is 36.0 Å². The maximum absolute atomic E-state index is 12.9. The number of aromatic nitrogens is 3. The van der Waals surface area contributed by atoms with Crippen LogP contribution < -0.4 is 5.32 Å². The predicted molar refractivity (Wildman–Crippen MR) is 130 cm³/mol. The van der Waals surface area contributed by atoms with Crippen molar-refractivity contribution in [3.05, 3.63) is 89.7 Å². The molecule has 1 atom stereocenters. The lowest BCUT2D eigenvalue weighted by atomic mass is 10.0. The van der Waals surface area contributed by atoms with Crippen LogP contribution >= 0.6 is 0 Å². The van der Waals surface area contributed by atoms with Gasteiger partial charge in [0.25, 0.3) is 5.91 Å². The van der Waals surface area contributed by atoms with Crippen LogP contribution in [0.4, 0.5) is 0 Å². The van der Waals surface area contributed by atoms with Crippen molar-refractivity contribution in [1.82, 2.24) is 20.3 Å². The summed E-state index contributed by atoms with van der Waals surface area (Å²) < 4.78 is 0. The van der Waals surface area contributed by atoms with Crippen LogP contribution in [0.25, 0.3) is 22.4 Å². The average Bonchev–Trinajstić information content (AvgIpc) is 2.86. The van der Waals surface area contributed by atoms with Crippen LogP contribution in [0.5, 0.6) is 0 Å². The maximum atomic E-state index is 12.9. The van der Waals surface area contributed by atoms with Crippen molar-refractivity contribution < 1.29 is 14.7 Å². The van der Waals surface area contributed by atoms with E-state index >= 15 is 0 Å². The summed E-state index contributed by atoms with van der Waals surface area (Å²) in [6.45, 7) is 1.93. The van der Waals surface area contributed by atoms with Crippen LogP contribution in [-0.4, -0.2) is 31.9 Å². The summed E-state index contributed by atoms with van der Waals surface area (Å²) in [6, 6.07) is 21.0. The number of aliphatic carboxylic acids is 1. The fourth-order valence-electron chi connectivity index (χ4n) is 3.78. The van der Waals surface area contributed by atoms with Crippen molar-refractivity contribution in [2.75, 3.05) is 0 Å². The fourth-order valence-corrected chi connectivity index (χ4v) is 3.78. The molecule has 2 N–H and O–H groups in total. The highest BCUT2D eigenvalue weighted by atomic mass is 16.4. The Hall–Kier alpha value is -4.13. The van der Waals surface area contributed by atoms with Crippen molar-refractivity contribution >= 4 is 23.0 Å². The van der Waals surface area contributed by atoms with Gasteiger partial charge in [0.2, 0.25) is 0 Å². The minimum atomic E-state index is -0.808. The summed E-state index contributed by atoms with van der Waals surface area (Å²) in [7, 11) is 0. The Balaban J connectivity index is 1.62. The van der Waals surface area contributed by atoms with Crippen molar-refractivity contribution in [2.24, 2.45) is 0 Å². The second-order valence-corrected chi connectivity index (χ2v) is 8.16. The van der Waals surface area contributed by atoms with Gasteiger partial charge in [-0.2, -0.15) is 0 Å². The number of carboxylic acids is 1. The number of nitrogens with one attached hydrogen (secondary N) is 1. The quantitative estimate of drug-likeness (QED) is 0.346. The molecule has 0 aliphatic carbocycles. The number of unbranched alkanes of at least 4 members (excludes halogenated alkanes) is 1. The van der Waals surface area contributed by atoms with E-state index in [4.69, 9.17) is 15.1 Å². The van der Waals surface area contributed by atoms with Crippen molar-refractivity contribution in [3.63, 3.8) is 0 Å². The van der Waals surface area contributed by atoms with E-state index in [1.807, 2.05) is 67.6 Å². The highest BCUT2D eigenvalue weighted by molar-refractivity contribution is 5.96. The number of hydrogen-bond acceptors (Lipinski definition) is 5. The molecule has 0 aliphatic rings. The number of carbonyl (C=O) groups is 2. The molecule has 2 heterocycles. The van der Waals surface area contributed by atoms with Gasteiger partial charge in [-0.05, 0) is 37.8 Å². The van der Waals surface area contributed by atoms with E-state index in [-0.39, 0.29) is 18.4 Å². The van der Waals surface area contributed by atoms with Gasteiger partial charge in [0.1, 0.15) is 5.52 Å². The largest absolute Gasteiger partial charge is 0.481 e. The van der Waals surface area contributed by atoms with Gasteiger partial charge >= 0.3 is 5.97 Å². The standard InChI is InChI=1S/C27H26N4O3/c1-18(19-10-4-2-5-11-19)29-27(34)21-16-23-26(28-17-21)31-25(20-12-6-3-7-13-20)22(30-23)14-8-9-15-24(32)33/h2-7,10-13,16-18H,8-9,14-15H2,1H3,(H,29,34)(H,32,33)/t18-/m0/s1. The molecular formula is C27H26N4O3. The molecule has 0 saturated heterocycles. The van der Waals surface area contributed by atoms with Gasteiger partial charge in [-0.25, -0.2) is 15.0 Å². The molecular weight excluding hydrogens is 428 g/mol. The van der Waals surface area contributed by atoms with Gasteiger partial charge in [-0.15, -0.1) is 0 Å². The number of amides is 1. The summed E-state index contributed by atoms with van der Waals surface area (Å²) >= 11 is 0. The number of hydrogen-bond donors (Lipinski definition) is 2. The molecule has 4 rings (SSSR count). The minimum absolute atomic E-state index is 0.118. The third-order valence-corrected chi connectivity index (χ3v) is 5.60. The van der Waals surface area contributed by atoms with Gasteiger partial charge in [0.05, 0.1) is 23.0 Å². The molecule has 7 nitrogen and oxygen atoms in total. The average molecular weight is 455 g/mol. The summed E-state index contributed by atoms with van der Waals surface area (Å²) in [6.07, 6.45) is 3.45. The van der Waals surface area contributed by atoms with Gasteiger partial charge in [0, 0.05) is 18.2 Å². The van der Waals surface area contributed by atoms with E-state index in [2.05, 4.69) is 10.3 Å². The number of benzene rings is 2. The highest BCUT2D eigenvalue weighted by Gasteiger charge is 2.16. The lowest BCUT2D eigenvalue weighted by molar-refractivity contribution is -0.137. The first-order chi connectivity index (χ1) is 16.5. The van der Waals surface area contributed by atoms with Crippen LogP contribution in [0.15, 0.2) is 72.9 Å². The first kappa shape index (κ1) is 23.0. The zero-order valence-corrected chi connectivity index (χ0v) is 18.9. The third kappa shape index (κ3) is 5.61. The van der Waals surface area contributed by atoms with Crippen molar-refractivity contribution in [2.45, 2.75) is 38.6 Å². The van der Waals surface area contributed by atoms with Gasteiger partial charge in [-0.3, -0.25) is 9.59 Å². The lowest BCUT2D eigenvalue weighted by Crippen LogP contribution is -2.26. The molecule has 0 bridgehead atoms. The molecule has 1 amide bonds. The predicted octanol–water partition coefficient (Wildman–Crippen LogP) is 4.98. The number of aryl methyl sites for hydroxylation is 1. The number of carbonyl (C=O) groups excluding carboxylic acids is 1. The maximum Gasteiger partial charge on any atom is 0.303 e. The van der Waals surface area contributed by atoms with Gasteiger partial charge < -0.3 is 10.4 Å². The SMILES string of the molecule is C[C@H](NC(=O)c1cnc2nc(-c3ccccc3)c(CCCCC(=O)O)nc2c1)c1ccccc1. The molecule has 2 aromatic heterocycles. The molecule has 34 heavy (non-hydrogen) atoms. The van der Waals surface area contributed by atoms with E-state index in [0.717, 1.165) is 22.5 Å².